The molecule has 1 amide bonds. The summed E-state index contributed by atoms with van der Waals surface area (Å²) in [4.78, 5) is 12.0. The maximum atomic E-state index is 12.0. The van der Waals surface area contributed by atoms with Crippen LogP contribution in [0.3, 0.4) is 0 Å². The second-order valence-electron chi connectivity index (χ2n) is 4.17. The molecule has 0 atom stereocenters. The average Bonchev–Trinajstić information content (AvgIpc) is 2.52. The second kappa shape index (κ2) is 7.72. The number of nitrogens with one attached hydrogen (secondary N) is 1. The first-order chi connectivity index (χ1) is 10.6. The van der Waals surface area contributed by atoms with Gasteiger partial charge in [0.25, 0.3) is 5.91 Å². The van der Waals surface area contributed by atoms with Gasteiger partial charge in [0.05, 0.1) is 11.2 Å². The van der Waals surface area contributed by atoms with E-state index in [1.54, 1.807) is 42.5 Å². The highest BCUT2D eigenvalue weighted by Crippen LogP contribution is 2.15. The Balaban J connectivity index is 2.25. The summed E-state index contributed by atoms with van der Waals surface area (Å²) in [5.41, 5.74) is 3.62. The normalized spacial score (nSPS) is 11.6. The molecule has 2 rings (SSSR count). The van der Waals surface area contributed by atoms with Crippen LogP contribution in [0.1, 0.15) is 15.9 Å². The predicted octanol–water partition coefficient (Wildman–Crippen LogP) is 3.70. The Morgan fingerprint density at radius 3 is 2.68 bits per heavy atom. The molecule has 0 bridgehead atoms. The summed E-state index contributed by atoms with van der Waals surface area (Å²) in [7, 11) is 0. The lowest BCUT2D eigenvalue weighted by Gasteiger charge is -2.05. The van der Waals surface area contributed by atoms with Crippen molar-refractivity contribution in [3.63, 3.8) is 0 Å². The first kappa shape index (κ1) is 16.2. The van der Waals surface area contributed by atoms with Crippen molar-refractivity contribution in [2.75, 3.05) is 0 Å². The summed E-state index contributed by atoms with van der Waals surface area (Å²) in [6.45, 7) is 0. The number of oxime groups is 1. The van der Waals surface area contributed by atoms with Gasteiger partial charge in [0.1, 0.15) is 5.71 Å². The van der Waals surface area contributed by atoms with E-state index in [1.807, 2.05) is 6.07 Å². The number of benzene rings is 2. The van der Waals surface area contributed by atoms with E-state index in [2.05, 4.69) is 31.6 Å². The molecule has 2 N–H and O–H groups in total. The van der Waals surface area contributed by atoms with Crippen LogP contribution in [0.4, 0.5) is 0 Å². The van der Waals surface area contributed by atoms with Gasteiger partial charge in [-0.2, -0.15) is 5.10 Å². The summed E-state index contributed by atoms with van der Waals surface area (Å²) >= 11 is 9.36. The molecule has 0 aromatic heterocycles. The Morgan fingerprint density at radius 2 is 2.00 bits per heavy atom. The van der Waals surface area contributed by atoms with Gasteiger partial charge in [-0.05, 0) is 24.3 Å². The van der Waals surface area contributed by atoms with Crippen molar-refractivity contribution in [3.8, 4) is 0 Å². The van der Waals surface area contributed by atoms with Crippen LogP contribution in [-0.4, -0.2) is 23.0 Å². The summed E-state index contributed by atoms with van der Waals surface area (Å²) in [5, 5.41) is 16.1. The van der Waals surface area contributed by atoms with Crippen molar-refractivity contribution in [3.05, 3.63) is 69.2 Å². The molecular formula is C15H11BrClN3O2. The van der Waals surface area contributed by atoms with Gasteiger partial charge < -0.3 is 5.21 Å². The summed E-state index contributed by atoms with van der Waals surface area (Å²) in [5.74, 6) is -0.391. The Morgan fingerprint density at radius 1 is 1.23 bits per heavy atom. The van der Waals surface area contributed by atoms with Crippen LogP contribution in [0, 0.1) is 0 Å². The standard InChI is InChI=1S/C15H11BrClN3O2/c16-11-5-3-4-10(8-11)15(21)20-19-14(9-18-22)12-6-1-2-7-13(12)17/h1-9,22H,(H,20,21)/b18-9-,19-14+. The van der Waals surface area contributed by atoms with Crippen LogP contribution < -0.4 is 5.43 Å². The van der Waals surface area contributed by atoms with Crippen LogP contribution in [0.5, 0.6) is 0 Å². The zero-order chi connectivity index (χ0) is 15.9. The molecule has 0 fully saturated rings. The average molecular weight is 381 g/mol. The van der Waals surface area contributed by atoms with E-state index in [-0.39, 0.29) is 5.71 Å². The van der Waals surface area contributed by atoms with Gasteiger partial charge in [0.2, 0.25) is 0 Å². The first-order valence-electron chi connectivity index (χ1n) is 6.17. The minimum Gasteiger partial charge on any atom is -0.411 e. The number of rotatable bonds is 4. The smallest absolute Gasteiger partial charge is 0.271 e. The van der Waals surface area contributed by atoms with E-state index in [0.717, 1.165) is 10.7 Å². The predicted molar refractivity (Wildman–Crippen MR) is 89.9 cm³/mol. The zero-order valence-corrected chi connectivity index (χ0v) is 13.5. The molecular weight excluding hydrogens is 370 g/mol. The summed E-state index contributed by atoms with van der Waals surface area (Å²) in [6.07, 6.45) is 1.10. The van der Waals surface area contributed by atoms with Gasteiger partial charge in [0, 0.05) is 15.6 Å². The SMILES string of the molecule is O=C(N/N=C(\C=N/O)c1ccccc1Cl)c1cccc(Br)c1. The Kier molecular flexibility index (Phi) is 5.68. The van der Waals surface area contributed by atoms with Crippen molar-refractivity contribution in [2.24, 2.45) is 10.3 Å². The Hall–Kier alpha value is -2.18. The van der Waals surface area contributed by atoms with E-state index < -0.39 is 5.91 Å². The fraction of sp³-hybridized carbons (Fsp3) is 0. The van der Waals surface area contributed by atoms with E-state index in [9.17, 15) is 4.79 Å². The number of carbonyl (C=O) groups excluding carboxylic acids is 1. The highest BCUT2D eigenvalue weighted by molar-refractivity contribution is 9.10. The quantitative estimate of drug-likeness (QED) is 0.482. The molecule has 5 nitrogen and oxygen atoms in total. The summed E-state index contributed by atoms with van der Waals surface area (Å²) in [6, 6.07) is 13.8. The highest BCUT2D eigenvalue weighted by atomic mass is 79.9. The van der Waals surface area contributed by atoms with E-state index in [1.165, 1.54) is 0 Å². The lowest BCUT2D eigenvalue weighted by Crippen LogP contribution is -2.20. The molecule has 112 valence electrons. The Bertz CT molecular complexity index is 747. The topological polar surface area (TPSA) is 74.0 Å². The number of hydrogen-bond acceptors (Lipinski definition) is 4. The molecule has 0 unspecified atom stereocenters. The van der Waals surface area contributed by atoms with Crippen molar-refractivity contribution in [2.45, 2.75) is 0 Å². The lowest BCUT2D eigenvalue weighted by atomic mass is 10.1. The first-order valence-corrected chi connectivity index (χ1v) is 7.35. The number of carbonyl (C=O) groups is 1. The van der Waals surface area contributed by atoms with Crippen LogP contribution in [0.25, 0.3) is 0 Å². The van der Waals surface area contributed by atoms with Crippen molar-refractivity contribution < 1.29 is 10.0 Å². The van der Waals surface area contributed by atoms with E-state index in [0.29, 0.717) is 16.1 Å². The molecule has 0 heterocycles. The molecule has 0 aliphatic rings. The molecule has 0 aliphatic carbocycles. The Labute approximate surface area is 140 Å². The minimum absolute atomic E-state index is 0.233. The molecule has 0 spiro atoms. The van der Waals surface area contributed by atoms with Crippen LogP contribution >= 0.6 is 27.5 Å². The molecule has 0 saturated carbocycles. The second-order valence-corrected chi connectivity index (χ2v) is 5.50. The van der Waals surface area contributed by atoms with Gasteiger partial charge in [-0.3, -0.25) is 4.79 Å². The monoisotopic (exact) mass is 379 g/mol. The van der Waals surface area contributed by atoms with Crippen LogP contribution in [-0.2, 0) is 0 Å². The number of hydrogen-bond donors (Lipinski definition) is 2. The zero-order valence-electron chi connectivity index (χ0n) is 11.2. The third-order valence-electron chi connectivity index (χ3n) is 2.69. The third kappa shape index (κ3) is 4.16. The van der Waals surface area contributed by atoms with Crippen molar-refractivity contribution >= 4 is 45.4 Å². The fourth-order valence-electron chi connectivity index (χ4n) is 1.69. The molecule has 22 heavy (non-hydrogen) atoms. The van der Waals surface area contributed by atoms with Gasteiger partial charge in [0.15, 0.2) is 0 Å². The van der Waals surface area contributed by atoms with Crippen molar-refractivity contribution in [1.82, 2.24) is 5.43 Å². The maximum Gasteiger partial charge on any atom is 0.271 e. The van der Waals surface area contributed by atoms with Crippen LogP contribution in [0.2, 0.25) is 5.02 Å². The van der Waals surface area contributed by atoms with Gasteiger partial charge in [-0.25, -0.2) is 5.43 Å². The van der Waals surface area contributed by atoms with E-state index in [4.69, 9.17) is 16.8 Å². The van der Waals surface area contributed by atoms with Crippen molar-refractivity contribution in [1.29, 1.82) is 0 Å². The minimum atomic E-state index is -0.391. The highest BCUT2D eigenvalue weighted by Gasteiger charge is 2.09. The van der Waals surface area contributed by atoms with E-state index >= 15 is 0 Å². The van der Waals surface area contributed by atoms with Crippen LogP contribution in [0.15, 0.2) is 63.3 Å². The number of halogens is 2. The molecule has 2 aromatic rings. The molecule has 0 radical (unpaired) electrons. The molecule has 0 aliphatic heterocycles. The molecule has 0 saturated heterocycles. The maximum absolute atomic E-state index is 12.0. The number of nitrogens with zero attached hydrogens (tertiary/aromatic N) is 2. The largest absolute Gasteiger partial charge is 0.411 e. The fourth-order valence-corrected chi connectivity index (χ4v) is 2.32. The van der Waals surface area contributed by atoms with Gasteiger partial charge in [-0.15, -0.1) is 0 Å². The molecule has 7 heteroatoms. The third-order valence-corrected chi connectivity index (χ3v) is 3.52. The molecule has 2 aromatic carbocycles. The van der Waals surface area contributed by atoms with Gasteiger partial charge >= 0.3 is 0 Å². The summed E-state index contributed by atoms with van der Waals surface area (Å²) < 4.78 is 0.785. The van der Waals surface area contributed by atoms with Gasteiger partial charge in [-0.1, -0.05) is 57.0 Å². The number of amides is 1. The lowest BCUT2D eigenvalue weighted by molar-refractivity contribution is 0.0955. The number of hydrazone groups is 1.